The van der Waals surface area contributed by atoms with E-state index in [-0.39, 0.29) is 18.0 Å². The molecule has 174 valence electrons. The predicted octanol–water partition coefficient (Wildman–Crippen LogP) is 5.08. The SMILES string of the molecule is O=C(NCc1ccccc1)c1ccc2c(c1)N(Cc1ccccc1F)C(=O)c1ccccc1S2=O. The Morgan fingerprint density at radius 1 is 0.857 bits per heavy atom. The van der Waals surface area contributed by atoms with E-state index < -0.39 is 22.5 Å². The number of anilines is 1. The minimum atomic E-state index is -1.66. The van der Waals surface area contributed by atoms with Crippen LogP contribution in [-0.2, 0) is 23.9 Å². The van der Waals surface area contributed by atoms with Gasteiger partial charge >= 0.3 is 0 Å². The summed E-state index contributed by atoms with van der Waals surface area (Å²) in [5.41, 5.74) is 2.18. The molecule has 35 heavy (non-hydrogen) atoms. The molecular weight excluding hydrogens is 463 g/mol. The molecule has 1 aliphatic heterocycles. The maximum Gasteiger partial charge on any atom is 0.259 e. The standard InChI is InChI=1S/C28H21FN2O3S/c29-23-12-6-4-10-21(23)18-31-24-16-20(27(32)30-17-19-8-2-1-3-9-19)14-15-26(24)35(34)25-13-7-5-11-22(25)28(31)33/h1-16H,17-18H2,(H,30,32). The minimum Gasteiger partial charge on any atom is -0.348 e. The quantitative estimate of drug-likeness (QED) is 0.430. The lowest BCUT2D eigenvalue weighted by Crippen LogP contribution is -2.31. The molecule has 0 radical (unpaired) electrons. The summed E-state index contributed by atoms with van der Waals surface area (Å²) in [7, 11) is -1.66. The molecular formula is C28H21FN2O3S. The van der Waals surface area contributed by atoms with E-state index >= 15 is 0 Å². The van der Waals surface area contributed by atoms with Crippen LogP contribution in [0.4, 0.5) is 10.1 Å². The van der Waals surface area contributed by atoms with Crippen molar-refractivity contribution in [2.45, 2.75) is 22.9 Å². The van der Waals surface area contributed by atoms with Crippen LogP contribution >= 0.6 is 0 Å². The summed E-state index contributed by atoms with van der Waals surface area (Å²) in [5.74, 6) is -1.18. The third-order valence-corrected chi connectivity index (χ3v) is 7.36. The van der Waals surface area contributed by atoms with Gasteiger partial charge < -0.3 is 10.2 Å². The number of amides is 2. The number of hydrogen-bond donors (Lipinski definition) is 1. The van der Waals surface area contributed by atoms with Gasteiger partial charge in [-0.3, -0.25) is 9.59 Å². The van der Waals surface area contributed by atoms with Crippen molar-refractivity contribution in [3.05, 3.63) is 125 Å². The molecule has 1 unspecified atom stereocenters. The maximum absolute atomic E-state index is 14.5. The fraction of sp³-hybridized carbons (Fsp3) is 0.0714. The van der Waals surface area contributed by atoms with Gasteiger partial charge in [0.25, 0.3) is 11.8 Å². The second kappa shape index (κ2) is 9.64. The van der Waals surface area contributed by atoms with E-state index in [2.05, 4.69) is 5.32 Å². The average Bonchev–Trinajstić information content (AvgIpc) is 2.98. The van der Waals surface area contributed by atoms with Crippen LogP contribution in [0.15, 0.2) is 107 Å². The van der Waals surface area contributed by atoms with Crippen LogP contribution in [0.2, 0.25) is 0 Å². The highest BCUT2D eigenvalue weighted by atomic mass is 32.2. The zero-order valence-electron chi connectivity index (χ0n) is 18.6. The van der Waals surface area contributed by atoms with E-state index in [1.54, 1.807) is 60.7 Å². The molecule has 1 aliphatic rings. The molecule has 0 bridgehead atoms. The Morgan fingerprint density at radius 3 is 2.37 bits per heavy atom. The fourth-order valence-corrected chi connectivity index (χ4v) is 5.38. The largest absolute Gasteiger partial charge is 0.348 e. The van der Waals surface area contributed by atoms with Crippen molar-refractivity contribution in [2.24, 2.45) is 0 Å². The van der Waals surface area contributed by atoms with Gasteiger partial charge in [-0.15, -0.1) is 0 Å². The van der Waals surface area contributed by atoms with E-state index in [9.17, 15) is 18.2 Å². The minimum absolute atomic E-state index is 0.0703. The molecule has 0 aliphatic carbocycles. The van der Waals surface area contributed by atoms with Gasteiger partial charge in [0.2, 0.25) is 0 Å². The molecule has 1 N–H and O–H groups in total. The number of nitrogens with one attached hydrogen (secondary N) is 1. The van der Waals surface area contributed by atoms with Crippen LogP contribution in [0.1, 0.15) is 31.8 Å². The highest BCUT2D eigenvalue weighted by Gasteiger charge is 2.32. The van der Waals surface area contributed by atoms with Crippen molar-refractivity contribution < 1.29 is 18.2 Å². The van der Waals surface area contributed by atoms with Gasteiger partial charge in [0.15, 0.2) is 0 Å². The van der Waals surface area contributed by atoms with Gasteiger partial charge in [-0.1, -0.05) is 60.7 Å². The molecule has 5 nitrogen and oxygen atoms in total. The molecule has 2 amide bonds. The molecule has 0 saturated heterocycles. The van der Waals surface area contributed by atoms with Gasteiger partial charge in [-0.2, -0.15) is 0 Å². The summed E-state index contributed by atoms with van der Waals surface area (Å²) in [4.78, 5) is 28.7. The van der Waals surface area contributed by atoms with Gasteiger partial charge in [0.05, 0.1) is 38.4 Å². The van der Waals surface area contributed by atoms with Gasteiger partial charge in [-0.05, 0) is 42.0 Å². The average molecular weight is 485 g/mol. The molecule has 7 heteroatoms. The highest BCUT2D eigenvalue weighted by molar-refractivity contribution is 7.85. The topological polar surface area (TPSA) is 66.5 Å². The summed E-state index contributed by atoms with van der Waals surface area (Å²) in [6, 6.07) is 27.2. The van der Waals surface area contributed by atoms with Gasteiger partial charge in [0, 0.05) is 17.7 Å². The van der Waals surface area contributed by atoms with Crippen molar-refractivity contribution >= 4 is 28.3 Å². The molecule has 4 aromatic rings. The number of carbonyl (C=O) groups is 2. The maximum atomic E-state index is 14.5. The molecule has 1 heterocycles. The first kappa shape index (κ1) is 22.7. The van der Waals surface area contributed by atoms with E-state index in [4.69, 9.17) is 0 Å². The summed E-state index contributed by atoms with van der Waals surface area (Å²) in [6.07, 6.45) is 0. The molecule has 5 rings (SSSR count). The van der Waals surface area contributed by atoms with Gasteiger partial charge in [0.1, 0.15) is 5.82 Å². The van der Waals surface area contributed by atoms with Crippen molar-refractivity contribution in [1.29, 1.82) is 0 Å². The number of fused-ring (bicyclic) bond motifs is 2. The molecule has 4 aromatic carbocycles. The third kappa shape index (κ3) is 4.50. The summed E-state index contributed by atoms with van der Waals surface area (Å²) in [6.45, 7) is 0.269. The number of halogens is 1. The van der Waals surface area contributed by atoms with Crippen molar-refractivity contribution in [3.63, 3.8) is 0 Å². The lowest BCUT2D eigenvalue weighted by Gasteiger charge is -2.24. The summed E-state index contributed by atoms with van der Waals surface area (Å²) >= 11 is 0. The molecule has 0 fully saturated rings. The smallest absolute Gasteiger partial charge is 0.259 e. The Kier molecular flexibility index (Phi) is 6.25. The van der Waals surface area contributed by atoms with Crippen LogP contribution in [0, 0.1) is 5.82 Å². The van der Waals surface area contributed by atoms with Crippen molar-refractivity contribution in [1.82, 2.24) is 5.32 Å². The number of nitrogens with zero attached hydrogens (tertiary/aromatic N) is 1. The zero-order chi connectivity index (χ0) is 24.4. The van der Waals surface area contributed by atoms with Crippen LogP contribution < -0.4 is 10.2 Å². The van der Waals surface area contributed by atoms with E-state index in [1.165, 1.54) is 11.0 Å². The van der Waals surface area contributed by atoms with Crippen molar-refractivity contribution in [3.8, 4) is 0 Å². The van der Waals surface area contributed by atoms with Crippen LogP contribution in [0.3, 0.4) is 0 Å². The van der Waals surface area contributed by atoms with Crippen LogP contribution in [-0.4, -0.2) is 16.0 Å². The Bertz CT molecular complexity index is 1460. The fourth-order valence-electron chi connectivity index (χ4n) is 4.04. The number of rotatable bonds is 5. The lowest BCUT2D eigenvalue weighted by molar-refractivity contribution is 0.0947. The van der Waals surface area contributed by atoms with Crippen LogP contribution in [0.25, 0.3) is 0 Å². The second-order valence-corrected chi connectivity index (χ2v) is 9.52. The van der Waals surface area contributed by atoms with E-state index in [0.29, 0.717) is 33.2 Å². The number of benzene rings is 4. The predicted molar refractivity (Wildman–Crippen MR) is 132 cm³/mol. The van der Waals surface area contributed by atoms with Crippen LogP contribution in [0.5, 0.6) is 0 Å². The number of hydrogen-bond acceptors (Lipinski definition) is 3. The first-order valence-corrected chi connectivity index (χ1v) is 12.2. The van der Waals surface area contributed by atoms with Crippen molar-refractivity contribution in [2.75, 3.05) is 4.90 Å². The Labute approximate surface area is 204 Å². The normalized spacial score (nSPS) is 14.6. The Morgan fingerprint density at radius 2 is 1.57 bits per heavy atom. The number of carbonyl (C=O) groups excluding carboxylic acids is 2. The Balaban J connectivity index is 1.56. The Hall–Kier alpha value is -4.10. The monoisotopic (exact) mass is 484 g/mol. The molecule has 0 spiro atoms. The summed E-state index contributed by atoms with van der Waals surface area (Å²) < 4.78 is 28.0. The molecule has 0 aromatic heterocycles. The third-order valence-electron chi connectivity index (χ3n) is 5.86. The molecule has 0 saturated carbocycles. The first-order chi connectivity index (χ1) is 17.0. The van der Waals surface area contributed by atoms with Gasteiger partial charge in [-0.25, -0.2) is 8.60 Å². The van der Waals surface area contributed by atoms with E-state index in [1.807, 2.05) is 30.3 Å². The zero-order valence-corrected chi connectivity index (χ0v) is 19.4. The van der Waals surface area contributed by atoms with E-state index in [0.717, 1.165) is 5.56 Å². The second-order valence-electron chi connectivity index (χ2n) is 8.10. The lowest BCUT2D eigenvalue weighted by atomic mass is 10.1. The molecule has 1 atom stereocenters. The highest BCUT2D eigenvalue weighted by Crippen LogP contribution is 2.36. The summed E-state index contributed by atoms with van der Waals surface area (Å²) in [5, 5.41) is 2.87. The first-order valence-electron chi connectivity index (χ1n) is 11.0.